The van der Waals surface area contributed by atoms with Gasteiger partial charge in [-0.15, -0.1) is 0 Å². The molecule has 7 nitrogen and oxygen atoms in total. The molecule has 0 spiro atoms. The molecule has 0 atom stereocenters. The van der Waals surface area contributed by atoms with Crippen molar-refractivity contribution in [2.45, 2.75) is 6.54 Å². The number of rotatable bonds is 6. The summed E-state index contributed by atoms with van der Waals surface area (Å²) in [5.41, 5.74) is 3.69. The third-order valence-corrected chi connectivity index (χ3v) is 4.59. The number of hydrogen-bond acceptors (Lipinski definition) is 5. The third kappa shape index (κ3) is 3.84. The van der Waals surface area contributed by atoms with E-state index in [1.807, 2.05) is 71.5 Å². The van der Waals surface area contributed by atoms with Gasteiger partial charge < -0.3 is 4.90 Å². The Bertz CT molecular complexity index is 1130. The molecule has 0 saturated carbocycles. The Balaban J connectivity index is 1.75. The van der Waals surface area contributed by atoms with Gasteiger partial charge in [0.05, 0.1) is 16.3 Å². The lowest BCUT2D eigenvalue weighted by Gasteiger charge is -2.17. The van der Waals surface area contributed by atoms with Gasteiger partial charge in [-0.1, -0.05) is 48.5 Å². The van der Waals surface area contributed by atoms with E-state index in [0.717, 1.165) is 22.5 Å². The predicted molar refractivity (Wildman–Crippen MR) is 112 cm³/mol. The lowest BCUT2D eigenvalue weighted by atomic mass is 10.1. The number of benzene rings is 2. The molecular weight excluding hydrogens is 366 g/mol. The van der Waals surface area contributed by atoms with Crippen molar-refractivity contribution in [2.75, 3.05) is 11.9 Å². The molecule has 0 saturated heterocycles. The molecule has 4 aromatic rings. The zero-order chi connectivity index (χ0) is 20.2. The summed E-state index contributed by atoms with van der Waals surface area (Å²) in [4.78, 5) is 17.0. The van der Waals surface area contributed by atoms with Crippen LogP contribution in [0.4, 0.5) is 11.5 Å². The quantitative estimate of drug-likeness (QED) is 0.361. The first-order valence-electron chi connectivity index (χ1n) is 9.13. The molecule has 0 bridgehead atoms. The highest BCUT2D eigenvalue weighted by molar-refractivity contribution is 5.65. The van der Waals surface area contributed by atoms with Crippen LogP contribution in [0.3, 0.4) is 0 Å². The van der Waals surface area contributed by atoms with E-state index in [0.29, 0.717) is 12.4 Å². The minimum absolute atomic E-state index is 0.0216. The summed E-state index contributed by atoms with van der Waals surface area (Å²) in [6.07, 6.45) is 3.52. The molecule has 0 unspecified atom stereocenters. The number of anilines is 1. The second-order valence-corrected chi connectivity index (χ2v) is 6.61. The molecule has 0 aliphatic rings. The number of aromatic nitrogens is 3. The van der Waals surface area contributed by atoms with Crippen molar-refractivity contribution in [3.63, 3.8) is 0 Å². The summed E-state index contributed by atoms with van der Waals surface area (Å²) < 4.78 is 1.83. The van der Waals surface area contributed by atoms with Crippen LogP contribution in [0, 0.1) is 10.1 Å². The second kappa shape index (κ2) is 7.93. The Morgan fingerprint density at radius 2 is 1.69 bits per heavy atom. The highest BCUT2D eigenvalue weighted by Gasteiger charge is 2.20. The molecule has 0 amide bonds. The Hall–Kier alpha value is -4.00. The first-order valence-corrected chi connectivity index (χ1v) is 9.13. The summed E-state index contributed by atoms with van der Waals surface area (Å²) in [5, 5.41) is 16.2. The van der Waals surface area contributed by atoms with Crippen molar-refractivity contribution in [3.05, 3.63) is 101 Å². The molecule has 2 aromatic heterocycles. The molecule has 0 aliphatic carbocycles. The highest BCUT2D eigenvalue weighted by Crippen LogP contribution is 2.29. The Labute approximate surface area is 168 Å². The summed E-state index contributed by atoms with van der Waals surface area (Å²) in [7, 11) is 1.80. The van der Waals surface area contributed by atoms with Crippen LogP contribution < -0.4 is 4.90 Å². The monoisotopic (exact) mass is 385 g/mol. The SMILES string of the molecule is CN(Cc1cn(-c2ccccc2)nc1-c1ccccc1)c1ncccc1[N+](=O)[O-]. The molecule has 29 heavy (non-hydrogen) atoms. The van der Waals surface area contributed by atoms with Crippen LogP contribution in [0.25, 0.3) is 16.9 Å². The van der Waals surface area contributed by atoms with Gasteiger partial charge in [0, 0.05) is 43.2 Å². The van der Waals surface area contributed by atoms with Gasteiger partial charge in [0.2, 0.25) is 5.82 Å². The maximum absolute atomic E-state index is 11.4. The summed E-state index contributed by atoms with van der Waals surface area (Å²) in [5.74, 6) is 0.323. The van der Waals surface area contributed by atoms with E-state index in [9.17, 15) is 10.1 Å². The van der Waals surface area contributed by atoms with Crippen LogP contribution in [-0.2, 0) is 6.54 Å². The Kier molecular flexibility index (Phi) is 5.03. The van der Waals surface area contributed by atoms with Gasteiger partial charge in [0.1, 0.15) is 0 Å². The van der Waals surface area contributed by atoms with E-state index in [2.05, 4.69) is 4.98 Å². The largest absolute Gasteiger partial charge is 0.349 e. The van der Waals surface area contributed by atoms with Gasteiger partial charge >= 0.3 is 5.69 Å². The Morgan fingerprint density at radius 3 is 2.38 bits per heavy atom. The van der Waals surface area contributed by atoms with Crippen molar-refractivity contribution in [1.29, 1.82) is 0 Å². The van der Waals surface area contributed by atoms with E-state index in [-0.39, 0.29) is 5.69 Å². The van der Waals surface area contributed by atoms with Gasteiger partial charge in [-0.25, -0.2) is 9.67 Å². The highest BCUT2D eigenvalue weighted by atomic mass is 16.6. The van der Waals surface area contributed by atoms with Crippen molar-refractivity contribution in [1.82, 2.24) is 14.8 Å². The molecule has 0 aliphatic heterocycles. The van der Waals surface area contributed by atoms with Crippen molar-refractivity contribution < 1.29 is 4.92 Å². The lowest BCUT2D eigenvalue weighted by molar-refractivity contribution is -0.384. The number of hydrogen-bond donors (Lipinski definition) is 0. The number of nitro groups is 1. The average molecular weight is 385 g/mol. The molecule has 4 rings (SSSR count). The molecule has 0 fully saturated rings. The lowest BCUT2D eigenvalue weighted by Crippen LogP contribution is -2.19. The summed E-state index contributed by atoms with van der Waals surface area (Å²) in [6.45, 7) is 0.426. The topological polar surface area (TPSA) is 77.1 Å². The van der Waals surface area contributed by atoms with Crippen molar-refractivity contribution >= 4 is 11.5 Å². The maximum Gasteiger partial charge on any atom is 0.311 e. The molecular formula is C22H19N5O2. The minimum atomic E-state index is -0.412. The van der Waals surface area contributed by atoms with Gasteiger partial charge in [-0.3, -0.25) is 10.1 Å². The fourth-order valence-electron chi connectivity index (χ4n) is 3.23. The van der Waals surface area contributed by atoms with Crippen LogP contribution in [0.5, 0.6) is 0 Å². The van der Waals surface area contributed by atoms with Crippen molar-refractivity contribution in [2.24, 2.45) is 0 Å². The average Bonchev–Trinajstić information content (AvgIpc) is 3.18. The van der Waals surface area contributed by atoms with E-state index in [1.54, 1.807) is 24.2 Å². The number of nitrogens with zero attached hydrogens (tertiary/aromatic N) is 5. The van der Waals surface area contributed by atoms with Gasteiger partial charge in [0.25, 0.3) is 0 Å². The van der Waals surface area contributed by atoms with Crippen molar-refractivity contribution in [3.8, 4) is 16.9 Å². The summed E-state index contributed by atoms with van der Waals surface area (Å²) >= 11 is 0. The Morgan fingerprint density at radius 1 is 1.00 bits per heavy atom. The van der Waals surface area contributed by atoms with E-state index in [4.69, 9.17) is 5.10 Å². The van der Waals surface area contributed by atoms with Gasteiger partial charge in [-0.2, -0.15) is 5.10 Å². The van der Waals surface area contributed by atoms with E-state index < -0.39 is 4.92 Å². The normalized spacial score (nSPS) is 10.7. The van der Waals surface area contributed by atoms with Crippen LogP contribution in [0.2, 0.25) is 0 Å². The van der Waals surface area contributed by atoms with Crippen LogP contribution >= 0.6 is 0 Å². The van der Waals surface area contributed by atoms with Gasteiger partial charge in [-0.05, 0) is 18.2 Å². The fraction of sp³-hybridized carbons (Fsp3) is 0.0909. The van der Waals surface area contributed by atoms with Crippen LogP contribution in [0.15, 0.2) is 85.2 Å². The molecule has 2 heterocycles. The van der Waals surface area contributed by atoms with Gasteiger partial charge in [0.15, 0.2) is 0 Å². The fourth-order valence-corrected chi connectivity index (χ4v) is 3.23. The zero-order valence-corrected chi connectivity index (χ0v) is 15.8. The first-order chi connectivity index (χ1) is 14.1. The van der Waals surface area contributed by atoms with Crippen LogP contribution in [-0.4, -0.2) is 26.7 Å². The molecule has 7 heteroatoms. The third-order valence-electron chi connectivity index (χ3n) is 4.59. The number of para-hydroxylation sites is 1. The maximum atomic E-state index is 11.4. The summed E-state index contributed by atoms with van der Waals surface area (Å²) in [6, 6.07) is 22.8. The second-order valence-electron chi connectivity index (χ2n) is 6.61. The molecule has 0 N–H and O–H groups in total. The smallest absolute Gasteiger partial charge is 0.311 e. The first kappa shape index (κ1) is 18.4. The predicted octanol–water partition coefficient (Wildman–Crippen LogP) is 4.48. The minimum Gasteiger partial charge on any atom is -0.349 e. The van der Waals surface area contributed by atoms with E-state index in [1.165, 1.54) is 6.07 Å². The zero-order valence-electron chi connectivity index (χ0n) is 15.8. The van der Waals surface area contributed by atoms with Crippen LogP contribution in [0.1, 0.15) is 5.56 Å². The standard InChI is InChI=1S/C22H19N5O2/c1-25(22-20(27(28)29)13-8-14-23-22)15-18-16-26(19-11-6-3-7-12-19)24-21(18)17-9-4-2-5-10-17/h2-14,16H,15H2,1H3. The molecule has 144 valence electrons. The molecule has 2 aromatic carbocycles. The molecule has 0 radical (unpaired) electrons. The number of pyridine rings is 1. The van der Waals surface area contributed by atoms with E-state index >= 15 is 0 Å².